The van der Waals surface area contributed by atoms with E-state index in [-0.39, 0.29) is 5.56 Å². The Labute approximate surface area is 178 Å². The highest BCUT2D eigenvalue weighted by Crippen LogP contribution is 2.21. The second-order valence-electron chi connectivity index (χ2n) is 8.35. The number of H-pyrrole nitrogens is 1. The van der Waals surface area contributed by atoms with Gasteiger partial charge in [-0.3, -0.25) is 9.69 Å². The molecule has 0 radical (unpaired) electrons. The lowest BCUT2D eigenvalue weighted by Crippen LogP contribution is -2.46. The first-order valence-electron chi connectivity index (χ1n) is 10.9. The van der Waals surface area contributed by atoms with E-state index in [4.69, 9.17) is 4.74 Å². The minimum absolute atomic E-state index is 0.0798. The normalized spacial score (nSPS) is 15.1. The smallest absolute Gasteiger partial charge is 0.248 e. The van der Waals surface area contributed by atoms with E-state index in [1.165, 1.54) is 11.3 Å². The zero-order valence-electron chi connectivity index (χ0n) is 17.9. The van der Waals surface area contributed by atoms with E-state index in [9.17, 15) is 4.79 Å². The standard InChI is InChI=1S/C25H31N3O2/c1-19(2)20-4-7-22(8-5-20)28-15-13-27(14-16-28)12-3-17-30-23-9-10-24-21(18-23)6-11-25(29)26-24/h4-11,18-19H,3,12-17H2,1-2H3,(H,26,29). The molecule has 5 nitrogen and oxygen atoms in total. The van der Waals surface area contributed by atoms with Crippen LogP contribution in [0, 0.1) is 0 Å². The largest absolute Gasteiger partial charge is 0.494 e. The summed E-state index contributed by atoms with van der Waals surface area (Å²) in [4.78, 5) is 19.2. The Bertz CT molecular complexity index is 1020. The Hall–Kier alpha value is -2.79. The van der Waals surface area contributed by atoms with Gasteiger partial charge in [-0.15, -0.1) is 0 Å². The van der Waals surface area contributed by atoms with Crippen molar-refractivity contribution < 1.29 is 4.74 Å². The number of fused-ring (bicyclic) bond motifs is 1. The summed E-state index contributed by atoms with van der Waals surface area (Å²) in [5, 5.41) is 0.990. The van der Waals surface area contributed by atoms with Gasteiger partial charge < -0.3 is 14.6 Å². The quantitative estimate of drug-likeness (QED) is 0.597. The Balaban J connectivity index is 1.20. The highest BCUT2D eigenvalue weighted by atomic mass is 16.5. The molecule has 1 aliphatic rings. The van der Waals surface area contributed by atoms with Crippen molar-refractivity contribution in [1.29, 1.82) is 0 Å². The van der Waals surface area contributed by atoms with Crippen LogP contribution in [0.5, 0.6) is 5.75 Å². The number of pyridine rings is 1. The van der Waals surface area contributed by atoms with Crippen molar-refractivity contribution in [3.63, 3.8) is 0 Å². The van der Waals surface area contributed by atoms with Crippen molar-refractivity contribution in [1.82, 2.24) is 9.88 Å². The Morgan fingerprint density at radius 2 is 1.73 bits per heavy atom. The maximum absolute atomic E-state index is 11.4. The molecular weight excluding hydrogens is 374 g/mol. The third-order valence-electron chi connectivity index (χ3n) is 5.88. The molecule has 5 heteroatoms. The number of ether oxygens (including phenoxy) is 1. The molecule has 1 fully saturated rings. The van der Waals surface area contributed by atoms with Crippen LogP contribution in [0.25, 0.3) is 10.9 Å². The summed E-state index contributed by atoms with van der Waals surface area (Å²) in [6.45, 7) is 10.6. The molecule has 1 saturated heterocycles. The van der Waals surface area contributed by atoms with Gasteiger partial charge >= 0.3 is 0 Å². The number of benzene rings is 2. The summed E-state index contributed by atoms with van der Waals surface area (Å²) in [5.41, 5.74) is 3.49. The number of aromatic nitrogens is 1. The first-order chi connectivity index (χ1) is 14.6. The number of piperazine rings is 1. The minimum Gasteiger partial charge on any atom is -0.494 e. The van der Waals surface area contributed by atoms with Crippen LogP contribution in [0.15, 0.2) is 59.4 Å². The summed E-state index contributed by atoms with van der Waals surface area (Å²) in [6, 6.07) is 18.2. The van der Waals surface area contributed by atoms with Gasteiger partial charge in [-0.05, 0) is 54.3 Å². The van der Waals surface area contributed by atoms with Crippen molar-refractivity contribution in [2.75, 3.05) is 44.2 Å². The Morgan fingerprint density at radius 3 is 2.47 bits per heavy atom. The Morgan fingerprint density at radius 1 is 0.967 bits per heavy atom. The van der Waals surface area contributed by atoms with Crippen molar-refractivity contribution in [2.24, 2.45) is 0 Å². The number of hydrogen-bond donors (Lipinski definition) is 1. The van der Waals surface area contributed by atoms with Crippen LogP contribution in [-0.4, -0.2) is 49.2 Å². The fourth-order valence-corrected chi connectivity index (χ4v) is 4.00. The van der Waals surface area contributed by atoms with Crippen LogP contribution in [0.1, 0.15) is 31.7 Å². The third kappa shape index (κ3) is 5.03. The number of rotatable bonds is 7. The molecule has 2 aromatic carbocycles. The lowest BCUT2D eigenvalue weighted by Gasteiger charge is -2.36. The second-order valence-corrected chi connectivity index (χ2v) is 8.35. The van der Waals surface area contributed by atoms with E-state index in [0.29, 0.717) is 12.5 Å². The number of nitrogens with one attached hydrogen (secondary N) is 1. The number of anilines is 1. The summed E-state index contributed by atoms with van der Waals surface area (Å²) in [6.07, 6.45) is 1.01. The molecule has 4 rings (SSSR count). The van der Waals surface area contributed by atoms with Crippen LogP contribution >= 0.6 is 0 Å². The van der Waals surface area contributed by atoms with Crippen LogP contribution in [-0.2, 0) is 0 Å². The molecule has 0 aliphatic carbocycles. The molecule has 0 spiro atoms. The predicted octanol–water partition coefficient (Wildman–Crippen LogP) is 4.24. The molecule has 0 bridgehead atoms. The summed E-state index contributed by atoms with van der Waals surface area (Å²) >= 11 is 0. The van der Waals surface area contributed by atoms with E-state index in [1.807, 2.05) is 24.3 Å². The van der Waals surface area contributed by atoms with Crippen molar-refractivity contribution in [2.45, 2.75) is 26.2 Å². The average molecular weight is 406 g/mol. The fraction of sp³-hybridized carbons (Fsp3) is 0.400. The monoisotopic (exact) mass is 405 g/mol. The maximum Gasteiger partial charge on any atom is 0.248 e. The number of nitrogens with zero attached hydrogens (tertiary/aromatic N) is 2. The van der Waals surface area contributed by atoms with Crippen LogP contribution in [0.3, 0.4) is 0 Å². The molecular formula is C25H31N3O2. The lowest BCUT2D eigenvalue weighted by molar-refractivity contribution is 0.225. The van der Waals surface area contributed by atoms with Crippen molar-refractivity contribution >= 4 is 16.6 Å². The second kappa shape index (κ2) is 9.35. The molecule has 0 unspecified atom stereocenters. The van der Waals surface area contributed by atoms with E-state index >= 15 is 0 Å². The van der Waals surface area contributed by atoms with Gasteiger partial charge in [-0.1, -0.05) is 26.0 Å². The van der Waals surface area contributed by atoms with Gasteiger partial charge in [0.15, 0.2) is 0 Å². The molecule has 0 saturated carbocycles. The molecule has 158 valence electrons. The molecule has 0 atom stereocenters. The van der Waals surface area contributed by atoms with Crippen molar-refractivity contribution in [3.05, 3.63) is 70.5 Å². The fourth-order valence-electron chi connectivity index (χ4n) is 4.00. The average Bonchev–Trinajstić information content (AvgIpc) is 2.77. The lowest BCUT2D eigenvalue weighted by atomic mass is 10.0. The van der Waals surface area contributed by atoms with Crippen LogP contribution in [0.2, 0.25) is 0 Å². The van der Waals surface area contributed by atoms with E-state index in [2.05, 4.69) is 52.9 Å². The van der Waals surface area contributed by atoms with Gasteiger partial charge in [0.2, 0.25) is 5.56 Å². The number of hydrogen-bond acceptors (Lipinski definition) is 4. The van der Waals surface area contributed by atoms with Crippen molar-refractivity contribution in [3.8, 4) is 5.75 Å². The SMILES string of the molecule is CC(C)c1ccc(N2CCN(CCCOc3ccc4[nH]c(=O)ccc4c3)CC2)cc1. The highest BCUT2D eigenvalue weighted by Gasteiger charge is 2.17. The predicted molar refractivity (Wildman–Crippen MR) is 124 cm³/mol. The van der Waals surface area contributed by atoms with E-state index in [0.717, 1.165) is 55.8 Å². The van der Waals surface area contributed by atoms with Gasteiger partial charge in [-0.2, -0.15) is 0 Å². The molecule has 2 heterocycles. The van der Waals surface area contributed by atoms with Gasteiger partial charge in [0.05, 0.1) is 6.61 Å². The van der Waals surface area contributed by atoms with Gasteiger partial charge in [0.1, 0.15) is 5.75 Å². The first kappa shape index (κ1) is 20.5. The molecule has 0 amide bonds. The molecule has 1 aromatic heterocycles. The number of aromatic amines is 1. The molecule has 3 aromatic rings. The summed E-state index contributed by atoms with van der Waals surface area (Å²) in [7, 11) is 0. The van der Waals surface area contributed by atoms with Gasteiger partial charge in [0, 0.05) is 55.4 Å². The molecule has 1 aliphatic heterocycles. The van der Waals surface area contributed by atoms with Crippen LogP contribution in [0.4, 0.5) is 5.69 Å². The highest BCUT2D eigenvalue weighted by molar-refractivity contribution is 5.79. The zero-order valence-corrected chi connectivity index (χ0v) is 17.9. The van der Waals surface area contributed by atoms with Gasteiger partial charge in [0.25, 0.3) is 0 Å². The van der Waals surface area contributed by atoms with E-state index < -0.39 is 0 Å². The Kier molecular flexibility index (Phi) is 6.38. The summed E-state index contributed by atoms with van der Waals surface area (Å²) in [5.74, 6) is 1.43. The molecule has 30 heavy (non-hydrogen) atoms. The third-order valence-corrected chi connectivity index (χ3v) is 5.88. The van der Waals surface area contributed by atoms with E-state index in [1.54, 1.807) is 6.07 Å². The van der Waals surface area contributed by atoms with Crippen LogP contribution < -0.4 is 15.2 Å². The molecule has 1 N–H and O–H groups in total. The summed E-state index contributed by atoms with van der Waals surface area (Å²) < 4.78 is 5.93. The van der Waals surface area contributed by atoms with Gasteiger partial charge in [-0.25, -0.2) is 0 Å². The first-order valence-corrected chi connectivity index (χ1v) is 10.9. The maximum atomic E-state index is 11.4. The topological polar surface area (TPSA) is 48.6 Å². The minimum atomic E-state index is -0.0798. The zero-order chi connectivity index (χ0) is 20.9.